The van der Waals surface area contributed by atoms with Gasteiger partial charge in [0.2, 0.25) is 0 Å². The standard InChI is InChI=1S/C16H34N2/c1-5-7-14(3)18(4)16(13-17)11-9-15(8-6-2)10-12-16/h14-15H,5-13,17H2,1-4H3. The van der Waals surface area contributed by atoms with Crippen molar-refractivity contribution in [3.63, 3.8) is 0 Å². The van der Waals surface area contributed by atoms with Gasteiger partial charge in [-0.05, 0) is 52.0 Å². The molecule has 1 saturated carbocycles. The summed E-state index contributed by atoms with van der Waals surface area (Å²) in [5.41, 5.74) is 6.44. The fourth-order valence-electron chi connectivity index (χ4n) is 3.69. The van der Waals surface area contributed by atoms with Crippen molar-refractivity contribution in [1.82, 2.24) is 4.90 Å². The van der Waals surface area contributed by atoms with Crippen LogP contribution in [0.5, 0.6) is 0 Å². The number of hydrogen-bond acceptors (Lipinski definition) is 2. The second-order valence-electron chi connectivity index (χ2n) is 6.41. The molecule has 1 aliphatic rings. The van der Waals surface area contributed by atoms with E-state index in [1.54, 1.807) is 0 Å². The summed E-state index contributed by atoms with van der Waals surface area (Å²) >= 11 is 0. The smallest absolute Gasteiger partial charge is 0.0331 e. The van der Waals surface area contributed by atoms with Crippen LogP contribution >= 0.6 is 0 Å². The molecule has 0 aromatic rings. The summed E-state index contributed by atoms with van der Waals surface area (Å²) in [5, 5.41) is 0. The minimum absolute atomic E-state index is 0.291. The predicted octanol–water partition coefficient (Wildman–Crippen LogP) is 3.79. The molecule has 2 N–H and O–H groups in total. The molecule has 0 heterocycles. The molecule has 2 heteroatoms. The summed E-state index contributed by atoms with van der Waals surface area (Å²) in [6.07, 6.45) is 10.7. The number of nitrogens with zero attached hydrogens (tertiary/aromatic N) is 1. The minimum atomic E-state index is 0.291. The van der Waals surface area contributed by atoms with Crippen molar-refractivity contribution >= 4 is 0 Å². The van der Waals surface area contributed by atoms with E-state index in [0.29, 0.717) is 11.6 Å². The fourth-order valence-corrected chi connectivity index (χ4v) is 3.69. The molecule has 1 rings (SSSR count). The van der Waals surface area contributed by atoms with Gasteiger partial charge in [0.15, 0.2) is 0 Å². The zero-order valence-corrected chi connectivity index (χ0v) is 13.0. The SMILES string of the molecule is CCCC1CCC(CN)(N(C)C(C)CCC)CC1. The van der Waals surface area contributed by atoms with Gasteiger partial charge < -0.3 is 5.73 Å². The van der Waals surface area contributed by atoms with Gasteiger partial charge in [0.25, 0.3) is 0 Å². The third kappa shape index (κ3) is 3.71. The maximum atomic E-state index is 6.15. The molecule has 0 amide bonds. The Kier molecular flexibility index (Phi) is 6.65. The lowest BCUT2D eigenvalue weighted by molar-refractivity contribution is 0.0314. The third-order valence-corrected chi connectivity index (χ3v) is 5.23. The van der Waals surface area contributed by atoms with Gasteiger partial charge in [-0.2, -0.15) is 0 Å². The van der Waals surface area contributed by atoms with Gasteiger partial charge in [-0.3, -0.25) is 4.90 Å². The van der Waals surface area contributed by atoms with Crippen LogP contribution in [0.1, 0.15) is 72.1 Å². The summed E-state index contributed by atoms with van der Waals surface area (Å²) in [4.78, 5) is 2.60. The van der Waals surface area contributed by atoms with Crippen molar-refractivity contribution in [3.05, 3.63) is 0 Å². The molecule has 2 nitrogen and oxygen atoms in total. The molecular weight excluding hydrogens is 220 g/mol. The van der Waals surface area contributed by atoms with E-state index in [4.69, 9.17) is 5.73 Å². The first-order valence-electron chi connectivity index (χ1n) is 8.02. The van der Waals surface area contributed by atoms with Crippen LogP contribution in [-0.2, 0) is 0 Å². The first-order chi connectivity index (χ1) is 8.59. The predicted molar refractivity (Wildman–Crippen MR) is 80.8 cm³/mol. The second-order valence-corrected chi connectivity index (χ2v) is 6.41. The first kappa shape index (κ1) is 16.0. The van der Waals surface area contributed by atoms with E-state index in [9.17, 15) is 0 Å². The van der Waals surface area contributed by atoms with Gasteiger partial charge in [0.1, 0.15) is 0 Å². The number of hydrogen-bond donors (Lipinski definition) is 1. The number of nitrogens with two attached hydrogens (primary N) is 1. The first-order valence-corrected chi connectivity index (χ1v) is 8.02. The number of rotatable bonds is 7. The zero-order chi connectivity index (χ0) is 13.6. The van der Waals surface area contributed by atoms with E-state index < -0.39 is 0 Å². The Morgan fingerprint density at radius 3 is 2.28 bits per heavy atom. The molecule has 0 radical (unpaired) electrons. The molecule has 0 aliphatic heterocycles. The van der Waals surface area contributed by atoms with Crippen molar-refractivity contribution in [2.45, 2.75) is 83.7 Å². The average Bonchev–Trinajstić information content (AvgIpc) is 2.40. The fraction of sp³-hybridized carbons (Fsp3) is 1.00. The lowest BCUT2D eigenvalue weighted by Crippen LogP contribution is -2.56. The van der Waals surface area contributed by atoms with Crippen molar-refractivity contribution in [2.75, 3.05) is 13.6 Å². The van der Waals surface area contributed by atoms with Crippen molar-refractivity contribution in [1.29, 1.82) is 0 Å². The minimum Gasteiger partial charge on any atom is -0.329 e. The van der Waals surface area contributed by atoms with E-state index in [1.165, 1.54) is 51.4 Å². The summed E-state index contributed by atoms with van der Waals surface area (Å²) in [6, 6.07) is 0.668. The summed E-state index contributed by atoms with van der Waals surface area (Å²) in [6.45, 7) is 7.77. The normalized spacial score (nSPS) is 30.7. The summed E-state index contributed by atoms with van der Waals surface area (Å²) in [5.74, 6) is 0.963. The molecule has 108 valence electrons. The van der Waals surface area contributed by atoms with Gasteiger partial charge in [-0.1, -0.05) is 33.1 Å². The molecule has 0 bridgehead atoms. The van der Waals surface area contributed by atoms with E-state index in [0.717, 1.165) is 12.5 Å². The Balaban J connectivity index is 2.59. The van der Waals surface area contributed by atoms with Crippen LogP contribution < -0.4 is 5.73 Å². The van der Waals surface area contributed by atoms with Gasteiger partial charge >= 0.3 is 0 Å². The molecule has 0 spiro atoms. The topological polar surface area (TPSA) is 29.3 Å². The van der Waals surface area contributed by atoms with Crippen LogP contribution in [0.4, 0.5) is 0 Å². The van der Waals surface area contributed by atoms with Crippen molar-refractivity contribution in [2.24, 2.45) is 11.7 Å². The second kappa shape index (κ2) is 7.49. The Bertz CT molecular complexity index is 219. The quantitative estimate of drug-likeness (QED) is 0.749. The lowest BCUT2D eigenvalue weighted by atomic mass is 9.73. The Morgan fingerprint density at radius 2 is 1.83 bits per heavy atom. The van der Waals surface area contributed by atoms with Gasteiger partial charge in [0, 0.05) is 18.1 Å². The van der Waals surface area contributed by atoms with Crippen LogP contribution in [0.15, 0.2) is 0 Å². The van der Waals surface area contributed by atoms with Crippen LogP contribution in [-0.4, -0.2) is 30.1 Å². The molecule has 18 heavy (non-hydrogen) atoms. The third-order valence-electron chi connectivity index (χ3n) is 5.23. The highest BCUT2D eigenvalue weighted by molar-refractivity contribution is 4.96. The van der Waals surface area contributed by atoms with E-state index >= 15 is 0 Å². The lowest BCUT2D eigenvalue weighted by Gasteiger charge is -2.48. The maximum absolute atomic E-state index is 6.15. The zero-order valence-electron chi connectivity index (χ0n) is 13.0. The Morgan fingerprint density at radius 1 is 1.22 bits per heavy atom. The van der Waals surface area contributed by atoms with Crippen molar-refractivity contribution in [3.8, 4) is 0 Å². The monoisotopic (exact) mass is 254 g/mol. The molecule has 1 unspecified atom stereocenters. The van der Waals surface area contributed by atoms with E-state index in [-0.39, 0.29) is 0 Å². The molecule has 1 aliphatic carbocycles. The van der Waals surface area contributed by atoms with E-state index in [1.807, 2.05) is 0 Å². The largest absolute Gasteiger partial charge is 0.329 e. The number of likely N-dealkylation sites (N-methyl/N-ethyl adjacent to an activating group) is 1. The maximum Gasteiger partial charge on any atom is 0.0331 e. The van der Waals surface area contributed by atoms with E-state index in [2.05, 4.69) is 32.7 Å². The van der Waals surface area contributed by atoms with Gasteiger partial charge in [-0.15, -0.1) is 0 Å². The Labute approximate surface area is 114 Å². The molecule has 1 atom stereocenters. The van der Waals surface area contributed by atoms with Crippen molar-refractivity contribution < 1.29 is 0 Å². The molecule has 1 fully saturated rings. The van der Waals surface area contributed by atoms with Crippen LogP contribution in [0.3, 0.4) is 0 Å². The van der Waals surface area contributed by atoms with Gasteiger partial charge in [-0.25, -0.2) is 0 Å². The molecule has 0 saturated heterocycles. The highest BCUT2D eigenvalue weighted by Gasteiger charge is 2.38. The average molecular weight is 254 g/mol. The molecule has 0 aromatic heterocycles. The summed E-state index contributed by atoms with van der Waals surface area (Å²) < 4.78 is 0. The highest BCUT2D eigenvalue weighted by Crippen LogP contribution is 2.38. The molecular formula is C16H34N2. The molecule has 0 aromatic carbocycles. The summed E-state index contributed by atoms with van der Waals surface area (Å²) in [7, 11) is 2.30. The van der Waals surface area contributed by atoms with Crippen LogP contribution in [0, 0.1) is 5.92 Å². The van der Waals surface area contributed by atoms with Crippen LogP contribution in [0.25, 0.3) is 0 Å². The Hall–Kier alpha value is -0.0800. The van der Waals surface area contributed by atoms with Crippen LogP contribution in [0.2, 0.25) is 0 Å². The highest BCUT2D eigenvalue weighted by atomic mass is 15.2. The van der Waals surface area contributed by atoms with Gasteiger partial charge in [0.05, 0.1) is 0 Å².